The van der Waals surface area contributed by atoms with E-state index in [0.717, 1.165) is 6.20 Å². The lowest BCUT2D eigenvalue weighted by Gasteiger charge is -2.35. The lowest BCUT2D eigenvalue weighted by Crippen LogP contribution is -2.58. The number of hydrogen-bond donors (Lipinski definition) is 1. The zero-order valence-electron chi connectivity index (χ0n) is 11.1. The van der Waals surface area contributed by atoms with E-state index in [4.69, 9.17) is 10.5 Å². The number of ether oxygens (including phenoxy) is 1. The SMILES string of the molecule is COCC1(C(N)=O)CCCN1C(=O)c1ccncc1F. The molecule has 108 valence electrons. The summed E-state index contributed by atoms with van der Waals surface area (Å²) in [6.07, 6.45) is 3.32. The van der Waals surface area contributed by atoms with Gasteiger partial charge in [-0.15, -0.1) is 0 Å². The molecule has 6 nitrogen and oxygen atoms in total. The van der Waals surface area contributed by atoms with Crippen LogP contribution in [0.4, 0.5) is 4.39 Å². The van der Waals surface area contributed by atoms with E-state index in [0.29, 0.717) is 19.4 Å². The molecule has 1 aliphatic heterocycles. The van der Waals surface area contributed by atoms with Crippen LogP contribution < -0.4 is 5.73 Å². The maximum absolute atomic E-state index is 13.7. The van der Waals surface area contributed by atoms with Crippen LogP contribution >= 0.6 is 0 Å². The minimum Gasteiger partial charge on any atom is -0.382 e. The number of hydrogen-bond acceptors (Lipinski definition) is 4. The molecule has 0 aliphatic carbocycles. The summed E-state index contributed by atoms with van der Waals surface area (Å²) >= 11 is 0. The Bertz CT molecular complexity index is 537. The van der Waals surface area contributed by atoms with Crippen LogP contribution in [0.2, 0.25) is 0 Å². The monoisotopic (exact) mass is 281 g/mol. The third-order valence-corrected chi connectivity index (χ3v) is 3.58. The van der Waals surface area contributed by atoms with Crippen LogP contribution in [0.5, 0.6) is 0 Å². The number of likely N-dealkylation sites (tertiary alicyclic amines) is 1. The van der Waals surface area contributed by atoms with E-state index in [9.17, 15) is 14.0 Å². The number of amides is 2. The fourth-order valence-corrected chi connectivity index (χ4v) is 2.58. The number of nitrogens with two attached hydrogens (primary N) is 1. The van der Waals surface area contributed by atoms with E-state index in [2.05, 4.69) is 4.98 Å². The molecule has 1 fully saturated rings. The molecule has 1 saturated heterocycles. The van der Waals surface area contributed by atoms with Gasteiger partial charge in [-0.1, -0.05) is 0 Å². The van der Waals surface area contributed by atoms with Gasteiger partial charge in [0.1, 0.15) is 5.54 Å². The Morgan fingerprint density at radius 3 is 2.95 bits per heavy atom. The van der Waals surface area contributed by atoms with Gasteiger partial charge in [0.15, 0.2) is 5.82 Å². The number of aromatic nitrogens is 1. The molecule has 2 amide bonds. The highest BCUT2D eigenvalue weighted by molar-refractivity contribution is 5.99. The van der Waals surface area contributed by atoms with Gasteiger partial charge in [-0.25, -0.2) is 4.39 Å². The number of carbonyl (C=O) groups excluding carboxylic acids is 2. The molecule has 2 rings (SSSR count). The molecule has 2 N–H and O–H groups in total. The topological polar surface area (TPSA) is 85.5 Å². The van der Waals surface area contributed by atoms with Crippen LogP contribution in [0, 0.1) is 5.82 Å². The Labute approximate surface area is 115 Å². The first-order valence-corrected chi connectivity index (χ1v) is 6.23. The van der Waals surface area contributed by atoms with Gasteiger partial charge in [-0.3, -0.25) is 14.6 Å². The normalized spacial score (nSPS) is 22.0. The quantitative estimate of drug-likeness (QED) is 0.861. The summed E-state index contributed by atoms with van der Waals surface area (Å²) in [6, 6.07) is 1.29. The first kappa shape index (κ1) is 14.4. The summed E-state index contributed by atoms with van der Waals surface area (Å²) in [7, 11) is 1.43. The van der Waals surface area contributed by atoms with Gasteiger partial charge in [-0.05, 0) is 18.9 Å². The molecule has 0 saturated carbocycles. The summed E-state index contributed by atoms with van der Waals surface area (Å²) in [5, 5.41) is 0. The molecule has 0 spiro atoms. The van der Waals surface area contributed by atoms with E-state index in [1.54, 1.807) is 0 Å². The van der Waals surface area contributed by atoms with Crippen LogP contribution in [0.15, 0.2) is 18.5 Å². The minimum absolute atomic E-state index is 0.000770. The van der Waals surface area contributed by atoms with Crippen molar-refractivity contribution in [2.45, 2.75) is 18.4 Å². The lowest BCUT2D eigenvalue weighted by atomic mass is 9.95. The molecule has 0 aromatic carbocycles. The summed E-state index contributed by atoms with van der Waals surface area (Å²) in [5.41, 5.74) is 4.12. The smallest absolute Gasteiger partial charge is 0.257 e. The highest BCUT2D eigenvalue weighted by atomic mass is 19.1. The first-order chi connectivity index (χ1) is 9.53. The van der Waals surface area contributed by atoms with Crippen molar-refractivity contribution >= 4 is 11.8 Å². The minimum atomic E-state index is -1.21. The van der Waals surface area contributed by atoms with Crippen molar-refractivity contribution in [3.8, 4) is 0 Å². The molecular formula is C13H16FN3O3. The van der Waals surface area contributed by atoms with E-state index in [1.807, 2.05) is 0 Å². The third kappa shape index (κ3) is 2.24. The molecule has 2 heterocycles. The molecule has 0 bridgehead atoms. The third-order valence-electron chi connectivity index (χ3n) is 3.58. The molecule has 1 aromatic heterocycles. The summed E-state index contributed by atoms with van der Waals surface area (Å²) < 4.78 is 18.7. The van der Waals surface area contributed by atoms with E-state index < -0.39 is 23.2 Å². The van der Waals surface area contributed by atoms with Crippen molar-refractivity contribution in [3.05, 3.63) is 29.8 Å². The molecule has 1 aliphatic rings. The standard InChI is InChI=1S/C13H16FN3O3/c1-20-8-13(12(15)19)4-2-6-17(13)11(18)9-3-5-16-7-10(9)14/h3,5,7H,2,4,6,8H2,1H3,(H2,15,19). The second-order valence-electron chi connectivity index (χ2n) is 4.74. The highest BCUT2D eigenvalue weighted by Crippen LogP contribution is 2.31. The molecule has 0 radical (unpaired) electrons. The number of nitrogens with zero attached hydrogens (tertiary/aromatic N) is 2. The molecule has 1 aromatic rings. The van der Waals surface area contributed by atoms with Crippen LogP contribution in [0.1, 0.15) is 23.2 Å². The number of primary amides is 1. The molecular weight excluding hydrogens is 265 g/mol. The van der Waals surface area contributed by atoms with Crippen molar-refractivity contribution in [1.29, 1.82) is 0 Å². The zero-order valence-corrected chi connectivity index (χ0v) is 11.1. The van der Waals surface area contributed by atoms with Gasteiger partial charge in [0.25, 0.3) is 5.91 Å². The Hall–Kier alpha value is -2.02. The van der Waals surface area contributed by atoms with Gasteiger partial charge in [0, 0.05) is 19.9 Å². The second-order valence-corrected chi connectivity index (χ2v) is 4.74. The maximum atomic E-state index is 13.7. The van der Waals surface area contributed by atoms with Gasteiger partial charge in [0.05, 0.1) is 18.4 Å². The average molecular weight is 281 g/mol. The Balaban J connectivity index is 2.38. The summed E-state index contributed by atoms with van der Waals surface area (Å²) in [4.78, 5) is 29.1. The zero-order chi connectivity index (χ0) is 14.8. The van der Waals surface area contributed by atoms with Gasteiger partial charge < -0.3 is 15.4 Å². The van der Waals surface area contributed by atoms with Gasteiger partial charge in [0.2, 0.25) is 5.91 Å². The largest absolute Gasteiger partial charge is 0.382 e. The van der Waals surface area contributed by atoms with Crippen LogP contribution in [0.25, 0.3) is 0 Å². The van der Waals surface area contributed by atoms with Crippen molar-refractivity contribution < 1.29 is 18.7 Å². The van der Waals surface area contributed by atoms with Gasteiger partial charge in [-0.2, -0.15) is 0 Å². The van der Waals surface area contributed by atoms with Crippen molar-refractivity contribution in [3.63, 3.8) is 0 Å². The fraction of sp³-hybridized carbons (Fsp3) is 0.462. The van der Waals surface area contributed by atoms with E-state index in [1.165, 1.54) is 24.3 Å². The molecule has 7 heteroatoms. The number of pyridine rings is 1. The van der Waals surface area contributed by atoms with Crippen molar-refractivity contribution in [2.75, 3.05) is 20.3 Å². The maximum Gasteiger partial charge on any atom is 0.257 e. The molecule has 20 heavy (non-hydrogen) atoms. The van der Waals surface area contributed by atoms with Crippen LogP contribution in [-0.4, -0.2) is 47.5 Å². The predicted octanol–water partition coefficient (Wildman–Crippen LogP) is 0.327. The predicted molar refractivity (Wildman–Crippen MR) is 68.3 cm³/mol. The summed E-state index contributed by atoms with van der Waals surface area (Å²) in [6.45, 7) is 0.341. The second kappa shape index (κ2) is 5.54. The summed E-state index contributed by atoms with van der Waals surface area (Å²) in [5.74, 6) is -1.93. The van der Waals surface area contributed by atoms with Crippen molar-refractivity contribution in [2.24, 2.45) is 5.73 Å². The molecule has 1 atom stereocenters. The number of halogens is 1. The highest BCUT2D eigenvalue weighted by Gasteiger charge is 2.49. The Kier molecular flexibility index (Phi) is 3.99. The first-order valence-electron chi connectivity index (χ1n) is 6.23. The van der Waals surface area contributed by atoms with Crippen LogP contribution in [-0.2, 0) is 9.53 Å². The number of rotatable bonds is 4. The van der Waals surface area contributed by atoms with Crippen LogP contribution in [0.3, 0.4) is 0 Å². The Morgan fingerprint density at radius 2 is 2.35 bits per heavy atom. The van der Waals surface area contributed by atoms with Crippen molar-refractivity contribution in [1.82, 2.24) is 9.88 Å². The van der Waals surface area contributed by atoms with E-state index in [-0.39, 0.29) is 12.2 Å². The average Bonchev–Trinajstić information content (AvgIpc) is 2.84. The van der Waals surface area contributed by atoms with Gasteiger partial charge >= 0.3 is 0 Å². The number of carbonyl (C=O) groups is 2. The lowest BCUT2D eigenvalue weighted by molar-refractivity contribution is -0.130. The Morgan fingerprint density at radius 1 is 1.60 bits per heavy atom. The molecule has 1 unspecified atom stereocenters. The van der Waals surface area contributed by atoms with E-state index >= 15 is 0 Å². The fourth-order valence-electron chi connectivity index (χ4n) is 2.58. The number of methoxy groups -OCH3 is 1.